The molecule has 0 aromatic heterocycles. The van der Waals surface area contributed by atoms with Crippen LogP contribution < -0.4 is 10.0 Å². The van der Waals surface area contributed by atoms with Crippen LogP contribution >= 0.6 is 15.9 Å². The van der Waals surface area contributed by atoms with E-state index >= 15 is 0 Å². The Hall–Kier alpha value is -1.37. The summed E-state index contributed by atoms with van der Waals surface area (Å²) in [6.07, 6.45) is 0. The lowest BCUT2D eigenvalue weighted by atomic mass is 10.2. The summed E-state index contributed by atoms with van der Waals surface area (Å²) in [5.74, 6) is 0. The van der Waals surface area contributed by atoms with Gasteiger partial charge in [0.2, 0.25) is 10.0 Å². The van der Waals surface area contributed by atoms with Gasteiger partial charge in [0.15, 0.2) is 0 Å². The summed E-state index contributed by atoms with van der Waals surface area (Å²) in [5.41, 5.74) is 2.01. The molecule has 134 valence electrons. The second kappa shape index (κ2) is 12.1. The topological polar surface area (TPSA) is 58.2 Å². The third kappa shape index (κ3) is 7.03. The Labute approximate surface area is 154 Å². The third-order valence-electron chi connectivity index (χ3n) is 2.85. The molecule has 0 radical (unpaired) electrons. The normalized spacial score (nSPS) is 9.92. The molecule has 0 atom stereocenters. The summed E-state index contributed by atoms with van der Waals surface area (Å²) in [6.45, 7) is 8.68. The van der Waals surface area contributed by atoms with E-state index in [-0.39, 0.29) is 4.90 Å². The highest BCUT2D eigenvalue weighted by molar-refractivity contribution is 9.10. The average molecular weight is 415 g/mol. The van der Waals surface area contributed by atoms with Crippen molar-refractivity contribution in [3.8, 4) is 0 Å². The van der Waals surface area contributed by atoms with Gasteiger partial charge in [-0.05, 0) is 46.7 Å². The Kier molecular flexibility index (Phi) is 11.4. The second-order valence-electron chi connectivity index (χ2n) is 4.19. The number of halogens is 1. The predicted octanol–water partition coefficient (Wildman–Crippen LogP) is 5.02. The molecule has 0 aliphatic carbocycles. The molecule has 6 heteroatoms. The molecule has 2 rings (SSSR count). The zero-order valence-corrected chi connectivity index (χ0v) is 17.3. The highest BCUT2D eigenvalue weighted by atomic mass is 79.9. The molecule has 0 aliphatic rings. The van der Waals surface area contributed by atoms with Crippen LogP contribution in [0, 0.1) is 0 Å². The molecular weight excluding hydrogens is 388 g/mol. The Bertz CT molecular complexity index is 689. The SMILES string of the molecule is CC.CC.CNS(=O)(=O)c1ccc(NCc2ccccc2)c(Br)c1. The van der Waals surface area contributed by atoms with Crippen LogP contribution in [0.15, 0.2) is 57.9 Å². The minimum Gasteiger partial charge on any atom is -0.380 e. The highest BCUT2D eigenvalue weighted by Gasteiger charge is 2.12. The van der Waals surface area contributed by atoms with E-state index in [2.05, 4.69) is 26.0 Å². The molecule has 2 aromatic rings. The number of nitrogens with one attached hydrogen (secondary N) is 2. The summed E-state index contributed by atoms with van der Waals surface area (Å²) < 4.78 is 26.4. The number of hydrogen-bond acceptors (Lipinski definition) is 3. The summed E-state index contributed by atoms with van der Waals surface area (Å²) >= 11 is 3.39. The maximum absolute atomic E-state index is 11.7. The van der Waals surface area contributed by atoms with Crippen LogP contribution in [0.3, 0.4) is 0 Å². The van der Waals surface area contributed by atoms with Crippen molar-refractivity contribution in [1.29, 1.82) is 0 Å². The van der Waals surface area contributed by atoms with Gasteiger partial charge in [-0.15, -0.1) is 0 Å². The highest BCUT2D eigenvalue weighted by Crippen LogP contribution is 2.26. The first-order valence-electron chi connectivity index (χ1n) is 8.04. The van der Waals surface area contributed by atoms with Gasteiger partial charge >= 0.3 is 0 Å². The van der Waals surface area contributed by atoms with Gasteiger partial charge in [-0.1, -0.05) is 58.0 Å². The van der Waals surface area contributed by atoms with Gasteiger partial charge in [0.05, 0.1) is 4.90 Å². The molecular formula is C18H27BrN2O2S. The van der Waals surface area contributed by atoms with Crippen molar-refractivity contribution in [2.45, 2.75) is 39.1 Å². The van der Waals surface area contributed by atoms with E-state index in [4.69, 9.17) is 0 Å². The van der Waals surface area contributed by atoms with Crippen LogP contribution in [0.4, 0.5) is 5.69 Å². The summed E-state index contributed by atoms with van der Waals surface area (Å²) in [7, 11) is -2.02. The molecule has 0 aliphatic heterocycles. The van der Waals surface area contributed by atoms with E-state index in [1.807, 2.05) is 58.0 Å². The van der Waals surface area contributed by atoms with Gasteiger partial charge in [-0.2, -0.15) is 0 Å². The van der Waals surface area contributed by atoms with Crippen LogP contribution in [0.1, 0.15) is 33.3 Å². The predicted molar refractivity (Wildman–Crippen MR) is 107 cm³/mol. The van der Waals surface area contributed by atoms with Crippen molar-refractivity contribution < 1.29 is 8.42 Å². The molecule has 0 fully saturated rings. The number of benzene rings is 2. The van der Waals surface area contributed by atoms with Gasteiger partial charge in [0.25, 0.3) is 0 Å². The zero-order chi connectivity index (χ0) is 18.6. The van der Waals surface area contributed by atoms with Crippen LogP contribution in [-0.4, -0.2) is 15.5 Å². The van der Waals surface area contributed by atoms with Gasteiger partial charge in [-0.25, -0.2) is 13.1 Å². The van der Waals surface area contributed by atoms with Crippen molar-refractivity contribution in [3.05, 3.63) is 58.6 Å². The van der Waals surface area contributed by atoms with Crippen molar-refractivity contribution in [3.63, 3.8) is 0 Å². The van der Waals surface area contributed by atoms with E-state index in [1.165, 1.54) is 7.05 Å². The fourth-order valence-electron chi connectivity index (χ4n) is 1.72. The standard InChI is InChI=1S/C14H15BrN2O2S.2C2H6/c1-16-20(18,19)12-7-8-14(13(15)9-12)17-10-11-5-3-2-4-6-11;2*1-2/h2-9,16-17H,10H2,1H3;2*1-2H3. The Morgan fingerprint density at radius 1 is 0.958 bits per heavy atom. The van der Waals surface area contributed by atoms with Crippen molar-refractivity contribution in [2.24, 2.45) is 0 Å². The van der Waals surface area contributed by atoms with E-state index < -0.39 is 10.0 Å². The van der Waals surface area contributed by atoms with Crippen LogP contribution in [0.25, 0.3) is 0 Å². The second-order valence-corrected chi connectivity index (χ2v) is 6.93. The molecule has 0 spiro atoms. The fraction of sp³-hybridized carbons (Fsp3) is 0.333. The zero-order valence-electron chi connectivity index (χ0n) is 14.9. The lowest BCUT2D eigenvalue weighted by molar-refractivity contribution is 0.588. The van der Waals surface area contributed by atoms with Crippen molar-refractivity contribution in [2.75, 3.05) is 12.4 Å². The third-order valence-corrected chi connectivity index (χ3v) is 4.91. The van der Waals surface area contributed by atoms with Crippen LogP contribution in [0.2, 0.25) is 0 Å². The lowest BCUT2D eigenvalue weighted by Crippen LogP contribution is -2.18. The van der Waals surface area contributed by atoms with Crippen molar-refractivity contribution in [1.82, 2.24) is 4.72 Å². The molecule has 0 heterocycles. The summed E-state index contributed by atoms with van der Waals surface area (Å²) in [5, 5.41) is 3.26. The molecule has 4 nitrogen and oxygen atoms in total. The molecule has 0 saturated heterocycles. The Morgan fingerprint density at radius 2 is 1.54 bits per heavy atom. The molecule has 0 saturated carbocycles. The lowest BCUT2D eigenvalue weighted by Gasteiger charge is -2.10. The van der Waals surface area contributed by atoms with E-state index in [0.29, 0.717) is 11.0 Å². The molecule has 0 unspecified atom stereocenters. The first kappa shape index (κ1) is 22.6. The molecule has 2 aromatic carbocycles. The minimum absolute atomic E-state index is 0.233. The van der Waals surface area contributed by atoms with Gasteiger partial charge in [0.1, 0.15) is 0 Å². The van der Waals surface area contributed by atoms with Gasteiger partial charge < -0.3 is 5.32 Å². The van der Waals surface area contributed by atoms with Gasteiger partial charge in [0, 0.05) is 16.7 Å². The number of anilines is 1. The van der Waals surface area contributed by atoms with E-state index in [9.17, 15) is 8.42 Å². The fourth-order valence-corrected chi connectivity index (χ4v) is 3.14. The molecule has 24 heavy (non-hydrogen) atoms. The molecule has 0 bridgehead atoms. The van der Waals surface area contributed by atoms with Gasteiger partial charge in [-0.3, -0.25) is 0 Å². The maximum atomic E-state index is 11.7. The Balaban J connectivity index is 0.00000123. The quantitative estimate of drug-likeness (QED) is 0.721. The van der Waals surface area contributed by atoms with Crippen LogP contribution in [-0.2, 0) is 16.6 Å². The first-order chi connectivity index (χ1) is 11.5. The first-order valence-corrected chi connectivity index (χ1v) is 10.3. The van der Waals surface area contributed by atoms with Crippen molar-refractivity contribution >= 4 is 31.6 Å². The Morgan fingerprint density at radius 3 is 2.04 bits per heavy atom. The summed E-state index contributed by atoms with van der Waals surface area (Å²) in [6, 6.07) is 14.9. The van der Waals surface area contributed by atoms with E-state index in [0.717, 1.165) is 11.3 Å². The molecule has 2 N–H and O–H groups in total. The van der Waals surface area contributed by atoms with E-state index in [1.54, 1.807) is 18.2 Å². The maximum Gasteiger partial charge on any atom is 0.240 e. The smallest absolute Gasteiger partial charge is 0.240 e. The largest absolute Gasteiger partial charge is 0.380 e. The number of sulfonamides is 1. The monoisotopic (exact) mass is 414 g/mol. The number of rotatable bonds is 5. The average Bonchev–Trinajstić information content (AvgIpc) is 2.65. The summed E-state index contributed by atoms with van der Waals surface area (Å²) in [4.78, 5) is 0.233. The number of hydrogen-bond donors (Lipinski definition) is 2. The minimum atomic E-state index is -3.41. The van der Waals surface area contributed by atoms with Crippen LogP contribution in [0.5, 0.6) is 0 Å². The molecule has 0 amide bonds.